The first-order valence-corrected chi connectivity index (χ1v) is 6.85. The number of carbonyl (C=O) groups excluding carboxylic acids is 1. The van der Waals surface area contributed by atoms with Gasteiger partial charge in [0.25, 0.3) is 0 Å². The Morgan fingerprint density at radius 1 is 1.57 bits per heavy atom. The molecule has 0 radical (unpaired) electrons. The molecule has 0 fully saturated rings. The molecule has 2 atom stereocenters. The Morgan fingerprint density at radius 2 is 2.19 bits per heavy atom. The highest BCUT2D eigenvalue weighted by molar-refractivity contribution is 7.14. The summed E-state index contributed by atoms with van der Waals surface area (Å²) in [6, 6.07) is 0. The van der Waals surface area contributed by atoms with Crippen LogP contribution >= 0.6 is 11.3 Å². The van der Waals surface area contributed by atoms with Crippen LogP contribution in [-0.4, -0.2) is 44.5 Å². The number of carbonyl (C=O) groups is 1. The van der Waals surface area contributed by atoms with Crippen molar-refractivity contribution in [2.75, 3.05) is 6.54 Å². The summed E-state index contributed by atoms with van der Waals surface area (Å²) in [5.74, 6) is 0. The molecule has 3 N–H and O–H groups in total. The van der Waals surface area contributed by atoms with Crippen LogP contribution in [-0.2, 0) is 4.74 Å². The first kappa shape index (κ1) is 17.3. The lowest BCUT2D eigenvalue weighted by Crippen LogP contribution is -2.38. The number of amides is 1. The van der Waals surface area contributed by atoms with Gasteiger partial charge >= 0.3 is 11.1 Å². The standard InChI is InChI=1S/C11H17N3O6S/c1-11(2,3)20-10(17)13-4-6(15)8(16)9-12-5-7(21-9)14(18)19/h5-6,8,15-16H,4H2,1-3H3,(H,13,17). The predicted molar refractivity (Wildman–Crippen MR) is 74.0 cm³/mol. The number of rotatable bonds is 5. The molecule has 1 rings (SSSR count). The largest absolute Gasteiger partial charge is 0.444 e. The lowest BCUT2D eigenvalue weighted by atomic mass is 10.2. The Bertz CT molecular complexity index is 512. The Morgan fingerprint density at radius 3 is 2.67 bits per heavy atom. The van der Waals surface area contributed by atoms with Crippen LogP contribution in [0.4, 0.5) is 9.80 Å². The van der Waals surface area contributed by atoms with Gasteiger partial charge in [-0.05, 0) is 32.1 Å². The van der Waals surface area contributed by atoms with Crippen LogP contribution in [0, 0.1) is 10.1 Å². The molecule has 10 heteroatoms. The van der Waals surface area contributed by atoms with Gasteiger partial charge in [-0.1, -0.05) is 0 Å². The molecule has 0 aliphatic carbocycles. The molecule has 0 aromatic carbocycles. The van der Waals surface area contributed by atoms with Gasteiger partial charge in [-0.25, -0.2) is 9.78 Å². The number of nitrogens with one attached hydrogen (secondary N) is 1. The summed E-state index contributed by atoms with van der Waals surface area (Å²) in [7, 11) is 0. The molecule has 0 spiro atoms. The number of nitrogens with zero attached hydrogens (tertiary/aromatic N) is 2. The number of aromatic nitrogens is 1. The molecular formula is C11H17N3O6S. The average molecular weight is 319 g/mol. The summed E-state index contributed by atoms with van der Waals surface area (Å²) in [5.41, 5.74) is -0.677. The normalized spacial score (nSPS) is 14.3. The first-order chi connectivity index (χ1) is 9.60. The van der Waals surface area contributed by atoms with Gasteiger partial charge in [-0.3, -0.25) is 10.1 Å². The molecular weight excluding hydrogens is 302 g/mol. The molecule has 0 aliphatic rings. The maximum atomic E-state index is 11.4. The third kappa shape index (κ3) is 5.61. The average Bonchev–Trinajstić information content (AvgIpc) is 2.82. The van der Waals surface area contributed by atoms with Gasteiger partial charge in [-0.2, -0.15) is 0 Å². The number of thiazole rings is 1. The minimum Gasteiger partial charge on any atom is -0.444 e. The maximum absolute atomic E-state index is 11.4. The quantitative estimate of drug-likeness (QED) is 0.543. The Labute approximate surface area is 124 Å². The number of hydrogen-bond donors (Lipinski definition) is 3. The van der Waals surface area contributed by atoms with Crippen LogP contribution in [0.1, 0.15) is 31.9 Å². The van der Waals surface area contributed by atoms with E-state index in [-0.39, 0.29) is 16.6 Å². The molecule has 21 heavy (non-hydrogen) atoms. The van der Waals surface area contributed by atoms with Gasteiger partial charge in [0, 0.05) is 6.54 Å². The van der Waals surface area contributed by atoms with Gasteiger partial charge in [-0.15, -0.1) is 0 Å². The van der Waals surface area contributed by atoms with E-state index in [1.807, 2.05) is 0 Å². The fourth-order valence-corrected chi connectivity index (χ4v) is 2.06. The molecule has 0 bridgehead atoms. The van der Waals surface area contributed by atoms with E-state index in [2.05, 4.69) is 10.3 Å². The summed E-state index contributed by atoms with van der Waals surface area (Å²) in [6.07, 6.45) is -2.53. The number of aliphatic hydroxyl groups is 2. The van der Waals surface area contributed by atoms with Crippen LogP contribution < -0.4 is 5.32 Å². The monoisotopic (exact) mass is 319 g/mol. The summed E-state index contributed by atoms with van der Waals surface area (Å²) in [5, 5.41) is 32.1. The third-order valence-corrected chi connectivity index (χ3v) is 3.18. The van der Waals surface area contributed by atoms with Crippen molar-refractivity contribution in [1.82, 2.24) is 10.3 Å². The van der Waals surface area contributed by atoms with Crippen molar-refractivity contribution in [3.8, 4) is 0 Å². The fraction of sp³-hybridized carbons (Fsp3) is 0.636. The van der Waals surface area contributed by atoms with Crippen molar-refractivity contribution in [1.29, 1.82) is 0 Å². The lowest BCUT2D eigenvalue weighted by molar-refractivity contribution is -0.380. The van der Waals surface area contributed by atoms with E-state index < -0.39 is 28.8 Å². The molecule has 1 heterocycles. The molecule has 0 saturated carbocycles. The van der Waals surface area contributed by atoms with E-state index in [1.165, 1.54) is 0 Å². The molecule has 1 amide bonds. The van der Waals surface area contributed by atoms with E-state index in [0.29, 0.717) is 11.3 Å². The highest BCUT2D eigenvalue weighted by Gasteiger charge is 2.25. The summed E-state index contributed by atoms with van der Waals surface area (Å²) in [6.45, 7) is 4.79. The van der Waals surface area contributed by atoms with E-state index in [1.54, 1.807) is 20.8 Å². The molecule has 9 nitrogen and oxygen atoms in total. The van der Waals surface area contributed by atoms with E-state index in [9.17, 15) is 25.1 Å². The van der Waals surface area contributed by atoms with Crippen LogP contribution in [0.5, 0.6) is 0 Å². The van der Waals surface area contributed by atoms with Gasteiger partial charge in [0.1, 0.15) is 29.0 Å². The third-order valence-electron chi connectivity index (χ3n) is 2.16. The summed E-state index contributed by atoms with van der Waals surface area (Å²) in [4.78, 5) is 24.9. The number of ether oxygens (including phenoxy) is 1. The number of aliphatic hydroxyl groups excluding tert-OH is 2. The zero-order valence-corrected chi connectivity index (χ0v) is 12.6. The second-order valence-electron chi connectivity index (χ2n) is 5.19. The van der Waals surface area contributed by atoms with Crippen molar-refractivity contribution in [3.63, 3.8) is 0 Å². The van der Waals surface area contributed by atoms with Crippen molar-refractivity contribution < 1.29 is 24.7 Å². The summed E-state index contributed by atoms with van der Waals surface area (Å²) >= 11 is 0.658. The first-order valence-electron chi connectivity index (χ1n) is 6.03. The Balaban J connectivity index is 2.52. The topological polar surface area (TPSA) is 135 Å². The van der Waals surface area contributed by atoms with Gasteiger partial charge in [0.15, 0.2) is 0 Å². The van der Waals surface area contributed by atoms with Crippen molar-refractivity contribution in [3.05, 3.63) is 21.3 Å². The zero-order chi connectivity index (χ0) is 16.2. The minimum absolute atomic E-state index is 0.000175. The van der Waals surface area contributed by atoms with E-state index in [4.69, 9.17) is 4.74 Å². The Hall–Kier alpha value is -1.78. The minimum atomic E-state index is -1.43. The van der Waals surface area contributed by atoms with Gasteiger partial charge < -0.3 is 20.3 Å². The van der Waals surface area contributed by atoms with Crippen LogP contribution in [0.25, 0.3) is 0 Å². The molecule has 0 saturated heterocycles. The number of hydrogen-bond acceptors (Lipinski definition) is 8. The highest BCUT2D eigenvalue weighted by atomic mass is 32.1. The summed E-state index contributed by atoms with van der Waals surface area (Å²) < 4.78 is 4.96. The predicted octanol–water partition coefficient (Wildman–Crippen LogP) is 0.970. The van der Waals surface area contributed by atoms with Gasteiger partial charge in [0.2, 0.25) is 0 Å². The van der Waals surface area contributed by atoms with Crippen LogP contribution in [0.15, 0.2) is 6.20 Å². The number of nitro groups is 1. The van der Waals surface area contributed by atoms with E-state index in [0.717, 1.165) is 6.20 Å². The SMILES string of the molecule is CC(C)(C)OC(=O)NCC(O)C(O)c1ncc([N+](=O)[O-])s1. The van der Waals surface area contributed by atoms with E-state index >= 15 is 0 Å². The second-order valence-corrected chi connectivity index (χ2v) is 6.23. The molecule has 118 valence electrons. The maximum Gasteiger partial charge on any atom is 0.407 e. The lowest BCUT2D eigenvalue weighted by Gasteiger charge is -2.21. The molecule has 1 aromatic heterocycles. The van der Waals surface area contributed by atoms with Crippen molar-refractivity contribution in [2.24, 2.45) is 0 Å². The molecule has 0 aliphatic heterocycles. The smallest absolute Gasteiger partial charge is 0.407 e. The molecule has 2 unspecified atom stereocenters. The second kappa shape index (κ2) is 6.78. The zero-order valence-electron chi connectivity index (χ0n) is 11.8. The Kier molecular flexibility index (Phi) is 5.58. The molecule has 1 aromatic rings. The number of alkyl carbamates (subject to hydrolysis) is 1. The van der Waals surface area contributed by atoms with Crippen LogP contribution in [0.3, 0.4) is 0 Å². The fourth-order valence-electron chi connectivity index (χ4n) is 1.28. The van der Waals surface area contributed by atoms with Crippen molar-refractivity contribution in [2.45, 2.75) is 38.6 Å². The highest BCUT2D eigenvalue weighted by Crippen LogP contribution is 2.27. The van der Waals surface area contributed by atoms with Gasteiger partial charge in [0.05, 0.1) is 4.92 Å². The van der Waals surface area contributed by atoms with Crippen LogP contribution in [0.2, 0.25) is 0 Å². The van der Waals surface area contributed by atoms with Crippen molar-refractivity contribution >= 4 is 22.4 Å².